The smallest absolute Gasteiger partial charge is 0.179 e. The molecule has 1 aromatic rings. The van der Waals surface area contributed by atoms with Gasteiger partial charge in [-0.15, -0.1) is 0 Å². The van der Waals surface area contributed by atoms with Gasteiger partial charge in [0.15, 0.2) is 11.4 Å². The van der Waals surface area contributed by atoms with Gasteiger partial charge in [0.05, 0.1) is 7.11 Å². The molecule has 0 radical (unpaired) electrons. The standard InChI is InChI=1S/C8H11NO/c1-6-4-3-5-7(10-2)8(6)9/h3-5H,9H2,1-2H3/p+1. The molecule has 0 unspecified atom stereocenters. The Bertz CT molecular complexity index is 233. The Hall–Kier alpha value is -1.02. The van der Waals surface area contributed by atoms with E-state index >= 15 is 0 Å². The van der Waals surface area contributed by atoms with Crippen molar-refractivity contribution in [2.24, 2.45) is 0 Å². The Morgan fingerprint density at radius 1 is 1.40 bits per heavy atom. The number of quaternary nitrogens is 1. The van der Waals surface area contributed by atoms with Gasteiger partial charge in [0.1, 0.15) is 0 Å². The molecule has 10 heavy (non-hydrogen) atoms. The maximum Gasteiger partial charge on any atom is 0.179 e. The third-order valence-electron chi connectivity index (χ3n) is 1.59. The summed E-state index contributed by atoms with van der Waals surface area (Å²) in [5, 5.41) is 0. The van der Waals surface area contributed by atoms with E-state index < -0.39 is 0 Å². The molecule has 0 fully saturated rings. The molecular weight excluding hydrogens is 126 g/mol. The summed E-state index contributed by atoms with van der Waals surface area (Å²) in [5.41, 5.74) is 6.01. The fourth-order valence-electron chi connectivity index (χ4n) is 0.867. The molecule has 0 saturated heterocycles. The minimum atomic E-state index is 0.861. The summed E-state index contributed by atoms with van der Waals surface area (Å²) in [6.07, 6.45) is 0. The minimum absolute atomic E-state index is 0.861. The lowest BCUT2D eigenvalue weighted by molar-refractivity contribution is -0.257. The molecule has 0 aliphatic carbocycles. The monoisotopic (exact) mass is 138 g/mol. The van der Waals surface area contributed by atoms with Crippen molar-refractivity contribution >= 4 is 5.69 Å². The van der Waals surface area contributed by atoms with Gasteiger partial charge in [-0.3, -0.25) is 0 Å². The van der Waals surface area contributed by atoms with Crippen LogP contribution >= 0.6 is 0 Å². The predicted molar refractivity (Wildman–Crippen MR) is 40.3 cm³/mol. The summed E-state index contributed by atoms with van der Waals surface area (Å²) in [6.45, 7) is 2.02. The van der Waals surface area contributed by atoms with Crippen LogP contribution in [0.1, 0.15) is 5.56 Å². The second-order valence-electron chi connectivity index (χ2n) is 2.26. The molecule has 0 atom stereocenters. The van der Waals surface area contributed by atoms with Crippen LogP contribution in [0.4, 0.5) is 5.69 Å². The first-order valence-electron chi connectivity index (χ1n) is 3.21. The molecular formula is C8H12NO+. The molecule has 2 heteroatoms. The Morgan fingerprint density at radius 3 is 2.60 bits per heavy atom. The summed E-state index contributed by atoms with van der Waals surface area (Å²) in [5.74, 6) is 0.861. The van der Waals surface area contributed by atoms with Crippen molar-refractivity contribution in [3.05, 3.63) is 23.8 Å². The highest BCUT2D eigenvalue weighted by Crippen LogP contribution is 2.21. The lowest BCUT2D eigenvalue weighted by Crippen LogP contribution is -2.41. The normalized spacial score (nSPS) is 9.50. The molecule has 0 bridgehead atoms. The van der Waals surface area contributed by atoms with E-state index in [4.69, 9.17) is 4.74 Å². The van der Waals surface area contributed by atoms with Crippen LogP contribution in [0, 0.1) is 6.92 Å². The van der Waals surface area contributed by atoms with Crippen molar-refractivity contribution in [2.75, 3.05) is 7.11 Å². The summed E-state index contributed by atoms with van der Waals surface area (Å²) in [6, 6.07) is 5.89. The molecule has 0 spiro atoms. The van der Waals surface area contributed by atoms with Crippen molar-refractivity contribution in [2.45, 2.75) is 6.92 Å². The first-order chi connectivity index (χ1) is 4.75. The highest BCUT2D eigenvalue weighted by atomic mass is 16.5. The quantitative estimate of drug-likeness (QED) is 0.614. The molecule has 0 heterocycles. The van der Waals surface area contributed by atoms with E-state index in [0.29, 0.717) is 0 Å². The largest absolute Gasteiger partial charge is 0.491 e. The lowest BCUT2D eigenvalue weighted by Gasteiger charge is -2.01. The van der Waals surface area contributed by atoms with E-state index in [1.807, 2.05) is 25.1 Å². The van der Waals surface area contributed by atoms with Gasteiger partial charge < -0.3 is 10.5 Å². The van der Waals surface area contributed by atoms with Crippen LogP contribution in [0.3, 0.4) is 0 Å². The summed E-state index contributed by atoms with van der Waals surface area (Å²) < 4.78 is 5.06. The Morgan fingerprint density at radius 2 is 2.10 bits per heavy atom. The van der Waals surface area contributed by atoms with Gasteiger partial charge in [-0.2, -0.15) is 0 Å². The highest BCUT2D eigenvalue weighted by Gasteiger charge is 2.02. The Labute approximate surface area is 60.6 Å². The third kappa shape index (κ3) is 1.11. The van der Waals surface area contributed by atoms with Crippen molar-refractivity contribution in [1.82, 2.24) is 0 Å². The average Bonchev–Trinajstić information content (AvgIpc) is 1.95. The molecule has 54 valence electrons. The van der Waals surface area contributed by atoms with Gasteiger partial charge in [0.25, 0.3) is 0 Å². The molecule has 1 rings (SSSR count). The zero-order valence-corrected chi connectivity index (χ0v) is 6.35. The number of aryl methyl sites for hydroxylation is 1. The van der Waals surface area contributed by atoms with Crippen LogP contribution in [0.25, 0.3) is 0 Å². The maximum atomic E-state index is 5.06. The number of methoxy groups -OCH3 is 1. The zero-order valence-electron chi connectivity index (χ0n) is 6.35. The first kappa shape index (κ1) is 7.09. The van der Waals surface area contributed by atoms with Gasteiger partial charge in [0, 0.05) is 5.56 Å². The second-order valence-corrected chi connectivity index (χ2v) is 2.26. The first-order valence-corrected chi connectivity index (χ1v) is 3.21. The van der Waals surface area contributed by atoms with E-state index in [1.54, 1.807) is 7.11 Å². The van der Waals surface area contributed by atoms with Gasteiger partial charge in [-0.25, -0.2) is 0 Å². The fourth-order valence-corrected chi connectivity index (χ4v) is 0.867. The van der Waals surface area contributed by atoms with Crippen LogP contribution in [0.5, 0.6) is 5.75 Å². The maximum absolute atomic E-state index is 5.06. The summed E-state index contributed by atoms with van der Waals surface area (Å²) >= 11 is 0. The second kappa shape index (κ2) is 2.71. The number of benzene rings is 1. The Balaban J connectivity index is 3.14. The SMILES string of the molecule is COc1cccc(C)c1[NH3+]. The molecule has 0 aromatic heterocycles. The van der Waals surface area contributed by atoms with Crippen LogP contribution < -0.4 is 10.5 Å². The van der Waals surface area contributed by atoms with E-state index in [0.717, 1.165) is 11.4 Å². The van der Waals surface area contributed by atoms with Crippen molar-refractivity contribution in [3.63, 3.8) is 0 Å². The van der Waals surface area contributed by atoms with E-state index in [1.165, 1.54) is 5.56 Å². The van der Waals surface area contributed by atoms with Crippen LogP contribution in [-0.2, 0) is 0 Å². The number of hydrogen-bond donors (Lipinski definition) is 1. The number of hydrogen-bond acceptors (Lipinski definition) is 1. The van der Waals surface area contributed by atoms with Gasteiger partial charge in [-0.1, -0.05) is 12.1 Å². The van der Waals surface area contributed by atoms with Gasteiger partial charge in [0.2, 0.25) is 0 Å². The van der Waals surface area contributed by atoms with E-state index in [2.05, 4.69) is 5.73 Å². The van der Waals surface area contributed by atoms with Crippen LogP contribution in [-0.4, -0.2) is 7.11 Å². The molecule has 0 aliphatic heterocycles. The number of ether oxygens (including phenoxy) is 1. The molecule has 2 nitrogen and oxygen atoms in total. The highest BCUT2D eigenvalue weighted by molar-refractivity contribution is 5.50. The molecule has 0 aliphatic rings. The van der Waals surface area contributed by atoms with Gasteiger partial charge in [-0.05, 0) is 13.0 Å². The van der Waals surface area contributed by atoms with Crippen molar-refractivity contribution in [3.8, 4) is 5.75 Å². The Kier molecular flexibility index (Phi) is 1.92. The average molecular weight is 138 g/mol. The number of rotatable bonds is 1. The fraction of sp³-hybridized carbons (Fsp3) is 0.250. The van der Waals surface area contributed by atoms with E-state index in [9.17, 15) is 0 Å². The zero-order chi connectivity index (χ0) is 7.56. The predicted octanol–water partition coefficient (Wildman–Crippen LogP) is 0.877. The van der Waals surface area contributed by atoms with Crippen molar-refractivity contribution < 1.29 is 10.5 Å². The molecule has 0 saturated carbocycles. The van der Waals surface area contributed by atoms with Crippen LogP contribution in [0.15, 0.2) is 18.2 Å². The minimum Gasteiger partial charge on any atom is -0.491 e. The molecule has 0 amide bonds. The molecule has 1 aromatic carbocycles. The summed E-state index contributed by atoms with van der Waals surface area (Å²) in [7, 11) is 1.66. The van der Waals surface area contributed by atoms with Crippen LogP contribution in [0.2, 0.25) is 0 Å². The summed E-state index contributed by atoms with van der Waals surface area (Å²) in [4.78, 5) is 0. The van der Waals surface area contributed by atoms with Gasteiger partial charge >= 0.3 is 0 Å². The van der Waals surface area contributed by atoms with E-state index in [-0.39, 0.29) is 0 Å². The molecule has 3 N–H and O–H groups in total. The topological polar surface area (TPSA) is 36.9 Å². The lowest BCUT2D eigenvalue weighted by atomic mass is 10.2. The third-order valence-corrected chi connectivity index (χ3v) is 1.59. The van der Waals surface area contributed by atoms with Crippen molar-refractivity contribution in [1.29, 1.82) is 0 Å².